The largest absolute Gasteiger partial charge is 0.454 e. The molecule has 1 aromatic rings. The Morgan fingerprint density at radius 1 is 1.00 bits per heavy atom. The van der Waals surface area contributed by atoms with Crippen LogP contribution in [0.2, 0.25) is 10.0 Å². The SMILES string of the molecule is O=C(OCC(=O)C12CC3CC(CC(C3)C1)C2)c1ccc(Cl)c(Cl)c1. The van der Waals surface area contributed by atoms with Crippen molar-refractivity contribution in [3.05, 3.63) is 33.8 Å². The molecule has 24 heavy (non-hydrogen) atoms. The molecule has 4 fully saturated rings. The summed E-state index contributed by atoms with van der Waals surface area (Å²) in [5, 5.41) is 0.691. The molecule has 0 amide bonds. The van der Waals surface area contributed by atoms with Gasteiger partial charge in [0, 0.05) is 5.41 Å². The fourth-order valence-electron chi connectivity index (χ4n) is 5.44. The molecule has 0 saturated heterocycles. The summed E-state index contributed by atoms with van der Waals surface area (Å²) in [6.07, 6.45) is 6.83. The summed E-state index contributed by atoms with van der Waals surface area (Å²) in [7, 11) is 0. The Balaban J connectivity index is 1.41. The van der Waals surface area contributed by atoms with Crippen LogP contribution in [0.25, 0.3) is 0 Å². The third kappa shape index (κ3) is 2.86. The Labute approximate surface area is 151 Å². The normalized spacial score (nSPS) is 33.5. The van der Waals surface area contributed by atoms with Crippen LogP contribution in [0.15, 0.2) is 18.2 Å². The van der Waals surface area contributed by atoms with E-state index in [4.69, 9.17) is 27.9 Å². The lowest BCUT2D eigenvalue weighted by Crippen LogP contribution is -2.51. The van der Waals surface area contributed by atoms with Gasteiger partial charge in [0.25, 0.3) is 0 Å². The van der Waals surface area contributed by atoms with Crippen LogP contribution in [0, 0.1) is 23.2 Å². The van der Waals surface area contributed by atoms with Gasteiger partial charge in [0.1, 0.15) is 0 Å². The number of rotatable bonds is 4. The molecule has 4 aliphatic carbocycles. The van der Waals surface area contributed by atoms with Crippen molar-refractivity contribution in [3.8, 4) is 0 Å². The molecule has 0 heterocycles. The number of carbonyl (C=O) groups is 2. The van der Waals surface area contributed by atoms with Crippen LogP contribution in [0.1, 0.15) is 48.9 Å². The van der Waals surface area contributed by atoms with Crippen molar-refractivity contribution in [2.75, 3.05) is 6.61 Å². The summed E-state index contributed by atoms with van der Waals surface area (Å²) in [4.78, 5) is 25.0. The van der Waals surface area contributed by atoms with Crippen molar-refractivity contribution in [2.45, 2.75) is 38.5 Å². The first-order valence-corrected chi connectivity index (χ1v) is 9.36. The zero-order chi connectivity index (χ0) is 16.9. The van der Waals surface area contributed by atoms with Gasteiger partial charge >= 0.3 is 5.97 Å². The lowest BCUT2D eigenvalue weighted by Gasteiger charge is -2.55. The maximum atomic E-state index is 12.8. The number of benzene rings is 1. The first-order valence-electron chi connectivity index (χ1n) is 8.61. The molecule has 1 aromatic carbocycles. The quantitative estimate of drug-likeness (QED) is 0.709. The predicted octanol–water partition coefficient (Wildman–Crippen LogP) is 4.94. The molecular formula is C19H20Cl2O3. The van der Waals surface area contributed by atoms with Gasteiger partial charge in [-0.05, 0) is 74.5 Å². The minimum atomic E-state index is -0.522. The summed E-state index contributed by atoms with van der Waals surface area (Å²) >= 11 is 11.8. The van der Waals surface area contributed by atoms with E-state index in [-0.39, 0.29) is 17.8 Å². The third-order valence-corrected chi connectivity index (χ3v) is 6.86. The number of halogens is 2. The molecule has 4 bridgehead atoms. The highest BCUT2D eigenvalue weighted by atomic mass is 35.5. The van der Waals surface area contributed by atoms with Crippen molar-refractivity contribution in [3.63, 3.8) is 0 Å². The lowest BCUT2D eigenvalue weighted by atomic mass is 9.48. The van der Waals surface area contributed by atoms with Gasteiger partial charge in [-0.15, -0.1) is 0 Å². The molecule has 0 aromatic heterocycles. The highest BCUT2D eigenvalue weighted by Gasteiger charge is 2.54. The minimum Gasteiger partial charge on any atom is -0.454 e. The van der Waals surface area contributed by atoms with Gasteiger partial charge in [0.2, 0.25) is 0 Å². The second kappa shape index (κ2) is 6.03. The molecule has 0 atom stereocenters. The van der Waals surface area contributed by atoms with Crippen LogP contribution in [0.4, 0.5) is 0 Å². The van der Waals surface area contributed by atoms with Crippen molar-refractivity contribution >= 4 is 35.0 Å². The molecule has 0 unspecified atom stereocenters. The topological polar surface area (TPSA) is 43.4 Å². The molecule has 5 rings (SSSR count). The molecule has 128 valence electrons. The van der Waals surface area contributed by atoms with Crippen LogP contribution >= 0.6 is 23.2 Å². The number of ketones is 1. The van der Waals surface area contributed by atoms with E-state index >= 15 is 0 Å². The van der Waals surface area contributed by atoms with E-state index in [2.05, 4.69) is 0 Å². The van der Waals surface area contributed by atoms with E-state index in [1.807, 2.05) is 0 Å². The van der Waals surface area contributed by atoms with Gasteiger partial charge in [-0.3, -0.25) is 4.79 Å². The fourth-order valence-corrected chi connectivity index (χ4v) is 5.74. The molecule has 5 heteroatoms. The van der Waals surface area contributed by atoms with Gasteiger partial charge in [-0.1, -0.05) is 23.2 Å². The Morgan fingerprint density at radius 3 is 2.12 bits per heavy atom. The van der Waals surface area contributed by atoms with Gasteiger partial charge in [0.15, 0.2) is 12.4 Å². The lowest BCUT2D eigenvalue weighted by molar-refractivity contribution is -0.147. The average molecular weight is 367 g/mol. The van der Waals surface area contributed by atoms with E-state index in [1.165, 1.54) is 25.3 Å². The zero-order valence-corrected chi connectivity index (χ0v) is 14.9. The molecule has 0 radical (unpaired) electrons. The van der Waals surface area contributed by atoms with E-state index in [1.54, 1.807) is 12.1 Å². The maximum absolute atomic E-state index is 12.8. The van der Waals surface area contributed by atoms with Crippen LogP contribution in [0.3, 0.4) is 0 Å². The number of ether oxygens (including phenoxy) is 1. The highest BCUT2D eigenvalue weighted by Crippen LogP contribution is 2.60. The van der Waals surface area contributed by atoms with Gasteiger partial charge in [-0.25, -0.2) is 4.79 Å². The van der Waals surface area contributed by atoms with Crippen molar-refractivity contribution in [1.82, 2.24) is 0 Å². The summed E-state index contributed by atoms with van der Waals surface area (Å²) in [5.41, 5.74) is 0.0925. The summed E-state index contributed by atoms with van der Waals surface area (Å²) in [6.45, 7) is -0.134. The van der Waals surface area contributed by atoms with Gasteiger partial charge in [0.05, 0.1) is 15.6 Å². The standard InChI is InChI=1S/C19H20Cl2O3/c20-15-2-1-14(6-16(15)21)18(23)24-10-17(22)19-7-11-3-12(8-19)5-13(4-11)9-19/h1-2,6,11-13H,3-5,7-10H2. The maximum Gasteiger partial charge on any atom is 0.338 e. The molecule has 0 N–H and O–H groups in total. The molecular weight excluding hydrogens is 347 g/mol. The van der Waals surface area contributed by atoms with E-state index in [0.717, 1.165) is 19.3 Å². The second-order valence-electron chi connectivity index (χ2n) is 7.83. The zero-order valence-electron chi connectivity index (χ0n) is 13.4. The average Bonchev–Trinajstić information content (AvgIpc) is 2.53. The summed E-state index contributed by atoms with van der Waals surface area (Å²) in [6, 6.07) is 4.59. The second-order valence-corrected chi connectivity index (χ2v) is 8.64. The van der Waals surface area contributed by atoms with Crippen LogP contribution in [-0.4, -0.2) is 18.4 Å². The first-order chi connectivity index (χ1) is 11.4. The van der Waals surface area contributed by atoms with Crippen molar-refractivity contribution < 1.29 is 14.3 Å². The third-order valence-electron chi connectivity index (χ3n) is 6.12. The summed E-state index contributed by atoms with van der Waals surface area (Å²) in [5.74, 6) is 1.68. The molecule has 4 aliphatic rings. The number of hydrogen-bond donors (Lipinski definition) is 0. The van der Waals surface area contributed by atoms with Gasteiger partial charge < -0.3 is 4.74 Å². The number of esters is 1. The van der Waals surface area contributed by atoms with Crippen molar-refractivity contribution in [2.24, 2.45) is 23.2 Å². The monoisotopic (exact) mass is 366 g/mol. The number of Topliss-reactive ketones (excluding diaryl/α,β-unsaturated/α-hetero) is 1. The van der Waals surface area contributed by atoms with Crippen LogP contribution in [0.5, 0.6) is 0 Å². The molecule has 4 saturated carbocycles. The van der Waals surface area contributed by atoms with Crippen molar-refractivity contribution in [1.29, 1.82) is 0 Å². The molecule has 0 spiro atoms. The Bertz CT molecular complexity index is 663. The van der Waals surface area contributed by atoms with Crippen LogP contribution < -0.4 is 0 Å². The highest BCUT2D eigenvalue weighted by molar-refractivity contribution is 6.42. The van der Waals surface area contributed by atoms with E-state index in [0.29, 0.717) is 33.4 Å². The number of carbonyl (C=O) groups excluding carboxylic acids is 2. The Kier molecular flexibility index (Phi) is 4.12. The van der Waals surface area contributed by atoms with Crippen LogP contribution in [-0.2, 0) is 9.53 Å². The predicted molar refractivity (Wildman–Crippen MR) is 92.4 cm³/mol. The summed E-state index contributed by atoms with van der Waals surface area (Å²) < 4.78 is 5.28. The Morgan fingerprint density at radius 2 is 1.58 bits per heavy atom. The first kappa shape index (κ1) is 16.4. The minimum absolute atomic E-state index is 0.106. The van der Waals surface area contributed by atoms with Gasteiger partial charge in [-0.2, -0.15) is 0 Å². The Hall–Kier alpha value is -1.06. The smallest absolute Gasteiger partial charge is 0.338 e. The van der Waals surface area contributed by atoms with E-state index in [9.17, 15) is 9.59 Å². The van der Waals surface area contributed by atoms with E-state index < -0.39 is 5.97 Å². The molecule has 3 nitrogen and oxygen atoms in total. The number of hydrogen-bond acceptors (Lipinski definition) is 3. The molecule has 0 aliphatic heterocycles. The fraction of sp³-hybridized carbons (Fsp3) is 0.579.